The first kappa shape index (κ1) is 103. The van der Waals surface area contributed by atoms with E-state index in [0.717, 1.165) is 95.8 Å². The summed E-state index contributed by atoms with van der Waals surface area (Å²) in [6.45, 7) is 7.34. The minimum absolute atomic E-state index is 0.108. The molecule has 0 amide bonds. The van der Waals surface area contributed by atoms with Gasteiger partial charge >= 0.3 is 39.5 Å². The molecule has 105 heavy (non-hydrogen) atoms. The quantitative estimate of drug-likeness (QED) is 0.0222. The summed E-state index contributed by atoms with van der Waals surface area (Å²) in [5, 5.41) is 10.7. The maximum Gasteiger partial charge on any atom is 0.472 e. The van der Waals surface area contributed by atoms with Crippen LogP contribution >= 0.6 is 15.6 Å². The van der Waals surface area contributed by atoms with E-state index in [4.69, 9.17) is 37.0 Å². The molecule has 0 bridgehead atoms. The molecular formula is C86H168O17P2. The Balaban J connectivity index is 5.24. The lowest BCUT2D eigenvalue weighted by Crippen LogP contribution is -2.30. The van der Waals surface area contributed by atoms with Crippen LogP contribution in [0.15, 0.2) is 0 Å². The molecule has 624 valence electrons. The van der Waals surface area contributed by atoms with E-state index in [1.165, 1.54) is 289 Å². The van der Waals surface area contributed by atoms with Gasteiger partial charge in [0.15, 0.2) is 12.2 Å². The molecule has 0 fully saturated rings. The molecule has 5 atom stereocenters. The zero-order valence-corrected chi connectivity index (χ0v) is 70.7. The van der Waals surface area contributed by atoms with E-state index in [9.17, 15) is 43.2 Å². The fourth-order valence-electron chi connectivity index (χ4n) is 13.5. The van der Waals surface area contributed by atoms with Crippen molar-refractivity contribution < 1.29 is 80.2 Å². The van der Waals surface area contributed by atoms with Gasteiger partial charge in [-0.05, 0) is 31.6 Å². The van der Waals surface area contributed by atoms with Crippen LogP contribution in [0.2, 0.25) is 0 Å². The topological polar surface area (TPSA) is 237 Å². The number of unbranched alkanes of at least 4 members (excludes halogenated alkanes) is 58. The molecule has 0 aromatic heterocycles. The van der Waals surface area contributed by atoms with Gasteiger partial charge in [-0.25, -0.2) is 9.13 Å². The second-order valence-corrected chi connectivity index (χ2v) is 34.3. The molecule has 0 aliphatic heterocycles. The van der Waals surface area contributed by atoms with Crippen LogP contribution in [0.25, 0.3) is 0 Å². The van der Waals surface area contributed by atoms with Crippen LogP contribution in [0.5, 0.6) is 0 Å². The molecule has 0 spiro atoms. The largest absolute Gasteiger partial charge is 0.472 e. The lowest BCUT2D eigenvalue weighted by atomic mass is 10.0. The van der Waals surface area contributed by atoms with Crippen molar-refractivity contribution in [3.63, 3.8) is 0 Å². The van der Waals surface area contributed by atoms with Gasteiger partial charge in [0.05, 0.1) is 26.4 Å². The fraction of sp³-hybridized carbons (Fsp3) is 0.953. The SMILES string of the molecule is CCCCCCCCCCCCCCCCCCCCCCC(=O)O[C@H](COC(=O)CCCCCCCCCCCCCCCCCCC)COP(=O)(O)OC[C@@H](O)COP(=O)(O)OC[C@@H](COC(=O)CCCCCCCCCCC(C)C)OC(=O)CCCCCCCCCCCCCCCCCCC. The van der Waals surface area contributed by atoms with Crippen LogP contribution in [-0.2, 0) is 65.4 Å². The van der Waals surface area contributed by atoms with E-state index in [-0.39, 0.29) is 25.7 Å². The monoisotopic (exact) mass is 1540 g/mol. The van der Waals surface area contributed by atoms with E-state index in [1.54, 1.807) is 0 Å². The van der Waals surface area contributed by atoms with E-state index in [0.29, 0.717) is 25.7 Å². The zero-order chi connectivity index (χ0) is 76.9. The molecule has 0 rings (SSSR count). The van der Waals surface area contributed by atoms with Gasteiger partial charge < -0.3 is 33.8 Å². The third-order valence-electron chi connectivity index (χ3n) is 20.3. The van der Waals surface area contributed by atoms with Crippen LogP contribution in [0.3, 0.4) is 0 Å². The Morgan fingerprint density at radius 1 is 0.257 bits per heavy atom. The molecular weight excluding hydrogens is 1370 g/mol. The molecule has 2 unspecified atom stereocenters. The number of hydrogen-bond donors (Lipinski definition) is 3. The van der Waals surface area contributed by atoms with E-state index in [1.807, 2.05) is 0 Å². The number of phosphoric ester groups is 2. The number of rotatable bonds is 86. The number of ether oxygens (including phenoxy) is 4. The van der Waals surface area contributed by atoms with Crippen molar-refractivity contribution >= 4 is 39.5 Å². The van der Waals surface area contributed by atoms with Crippen molar-refractivity contribution in [2.45, 2.75) is 483 Å². The average Bonchev–Trinajstić information content (AvgIpc) is 0.914. The van der Waals surface area contributed by atoms with Crippen LogP contribution in [-0.4, -0.2) is 96.7 Å². The van der Waals surface area contributed by atoms with Gasteiger partial charge in [-0.3, -0.25) is 37.3 Å². The molecule has 3 N–H and O–H groups in total. The third kappa shape index (κ3) is 79.9. The molecule has 0 aromatic carbocycles. The van der Waals surface area contributed by atoms with E-state index < -0.39 is 97.5 Å². The Bertz CT molecular complexity index is 2000. The van der Waals surface area contributed by atoms with Gasteiger partial charge in [-0.2, -0.15) is 0 Å². The molecule has 0 aliphatic carbocycles. The van der Waals surface area contributed by atoms with Gasteiger partial charge in [0.2, 0.25) is 0 Å². The Morgan fingerprint density at radius 3 is 0.648 bits per heavy atom. The number of esters is 4. The second kappa shape index (κ2) is 78.7. The summed E-state index contributed by atoms with van der Waals surface area (Å²) in [5.74, 6) is -1.37. The first-order valence-corrected chi connectivity index (χ1v) is 47.6. The van der Waals surface area contributed by atoms with Gasteiger partial charge in [0.25, 0.3) is 0 Å². The number of aliphatic hydroxyl groups excluding tert-OH is 1. The standard InChI is InChI=1S/C86H168O17P2/c1-6-9-12-15-18-21-24-27-30-33-34-35-38-41-44-47-50-57-62-67-71-85(90)102-81(75-96-83(88)69-64-59-54-48-45-42-39-36-31-28-25-22-19-16-13-10-7-2)77-100-104(92,93)98-73-80(87)74-99-105(94,95)101-78-82(76-97-84(89)70-65-60-55-52-51-53-58-63-68-79(4)5)103-86(91)72-66-61-56-49-46-43-40-37-32-29-26-23-20-17-14-11-8-3/h79-82,87H,6-78H2,1-5H3,(H,92,93)(H,94,95)/t80-,81-,82-/m1/s1. The first-order valence-electron chi connectivity index (χ1n) is 44.6. The summed E-state index contributed by atoms with van der Waals surface area (Å²) in [7, 11) is -9.93. The molecule has 0 radical (unpaired) electrons. The summed E-state index contributed by atoms with van der Waals surface area (Å²) in [4.78, 5) is 73.2. The Morgan fingerprint density at radius 2 is 0.438 bits per heavy atom. The molecule has 0 aromatic rings. The average molecular weight is 1540 g/mol. The second-order valence-electron chi connectivity index (χ2n) is 31.4. The summed E-state index contributed by atoms with van der Waals surface area (Å²) < 4.78 is 68.9. The Labute approximate surface area is 645 Å². The Kier molecular flexibility index (Phi) is 77.3. The maximum atomic E-state index is 13.1. The molecule has 19 heteroatoms. The third-order valence-corrected chi connectivity index (χ3v) is 22.2. The molecule has 0 aliphatic rings. The molecule has 0 saturated carbocycles. The smallest absolute Gasteiger partial charge is 0.462 e. The maximum absolute atomic E-state index is 13.1. The number of hydrogen-bond acceptors (Lipinski definition) is 15. The van der Waals surface area contributed by atoms with Crippen molar-refractivity contribution in [1.29, 1.82) is 0 Å². The normalized spacial score (nSPS) is 13.8. The highest BCUT2D eigenvalue weighted by Gasteiger charge is 2.30. The van der Waals surface area contributed by atoms with Crippen molar-refractivity contribution in [1.82, 2.24) is 0 Å². The van der Waals surface area contributed by atoms with Crippen molar-refractivity contribution in [2.24, 2.45) is 5.92 Å². The Hall–Kier alpha value is -1.94. The van der Waals surface area contributed by atoms with Crippen LogP contribution < -0.4 is 0 Å². The summed E-state index contributed by atoms with van der Waals surface area (Å²) >= 11 is 0. The van der Waals surface area contributed by atoms with Crippen molar-refractivity contribution in [3.05, 3.63) is 0 Å². The number of phosphoric acid groups is 2. The van der Waals surface area contributed by atoms with Crippen LogP contribution in [0, 0.1) is 5.92 Å². The number of carbonyl (C=O) groups excluding carboxylic acids is 4. The van der Waals surface area contributed by atoms with Crippen LogP contribution in [0.1, 0.15) is 465 Å². The highest BCUT2D eigenvalue weighted by atomic mass is 31.2. The predicted molar refractivity (Wildman–Crippen MR) is 432 cm³/mol. The molecule has 0 saturated heterocycles. The van der Waals surface area contributed by atoms with Gasteiger partial charge in [-0.1, -0.05) is 413 Å². The minimum Gasteiger partial charge on any atom is -0.462 e. The van der Waals surface area contributed by atoms with E-state index in [2.05, 4.69) is 34.6 Å². The zero-order valence-electron chi connectivity index (χ0n) is 68.9. The summed E-state index contributed by atoms with van der Waals surface area (Å²) in [6.07, 6.45) is 72.2. The van der Waals surface area contributed by atoms with Gasteiger partial charge in [-0.15, -0.1) is 0 Å². The summed E-state index contributed by atoms with van der Waals surface area (Å²) in [5.41, 5.74) is 0. The lowest BCUT2D eigenvalue weighted by Gasteiger charge is -2.21. The summed E-state index contributed by atoms with van der Waals surface area (Å²) in [6, 6.07) is 0. The molecule has 0 heterocycles. The highest BCUT2D eigenvalue weighted by molar-refractivity contribution is 7.47. The molecule has 17 nitrogen and oxygen atoms in total. The highest BCUT2D eigenvalue weighted by Crippen LogP contribution is 2.45. The van der Waals surface area contributed by atoms with Gasteiger partial charge in [0, 0.05) is 25.7 Å². The minimum atomic E-state index is -4.97. The van der Waals surface area contributed by atoms with Gasteiger partial charge in [0.1, 0.15) is 19.3 Å². The van der Waals surface area contributed by atoms with Crippen LogP contribution in [0.4, 0.5) is 0 Å². The number of carbonyl (C=O) groups is 4. The van der Waals surface area contributed by atoms with Crippen molar-refractivity contribution in [3.8, 4) is 0 Å². The lowest BCUT2D eigenvalue weighted by molar-refractivity contribution is -0.161. The predicted octanol–water partition coefficient (Wildman–Crippen LogP) is 26.4. The van der Waals surface area contributed by atoms with E-state index >= 15 is 0 Å². The fourth-order valence-corrected chi connectivity index (χ4v) is 15.1. The number of aliphatic hydroxyl groups is 1. The first-order chi connectivity index (χ1) is 51.0. The van der Waals surface area contributed by atoms with Crippen molar-refractivity contribution in [2.75, 3.05) is 39.6 Å².